The van der Waals surface area contributed by atoms with Gasteiger partial charge in [-0.25, -0.2) is 9.37 Å². The number of anilines is 2. The first-order valence-electron chi connectivity index (χ1n) is 7.19. The number of aromatic hydroxyl groups is 1. The van der Waals surface area contributed by atoms with Crippen molar-refractivity contribution in [2.45, 2.75) is 6.18 Å². The highest BCUT2D eigenvalue weighted by atomic mass is 35.5. The second-order valence-corrected chi connectivity index (χ2v) is 5.65. The van der Waals surface area contributed by atoms with Crippen LogP contribution in [0.5, 0.6) is 5.75 Å². The van der Waals surface area contributed by atoms with Gasteiger partial charge >= 0.3 is 6.18 Å². The van der Waals surface area contributed by atoms with Crippen LogP contribution in [0.4, 0.5) is 29.1 Å². The van der Waals surface area contributed by atoms with Crippen LogP contribution in [-0.2, 0) is 6.18 Å². The second kappa shape index (κ2) is 6.80. The fourth-order valence-corrected chi connectivity index (χ4v) is 2.43. The van der Waals surface area contributed by atoms with Crippen LogP contribution in [0.3, 0.4) is 0 Å². The van der Waals surface area contributed by atoms with Gasteiger partial charge in [0.2, 0.25) is 0 Å². The number of rotatable bonds is 3. The first-order valence-corrected chi connectivity index (χ1v) is 7.57. The Hall–Kier alpha value is -2.87. The molecule has 0 bridgehead atoms. The van der Waals surface area contributed by atoms with Crippen molar-refractivity contribution >= 4 is 23.1 Å². The van der Waals surface area contributed by atoms with Crippen LogP contribution >= 0.6 is 11.6 Å². The van der Waals surface area contributed by atoms with Gasteiger partial charge < -0.3 is 10.4 Å². The molecule has 0 spiro atoms. The number of aromatic nitrogens is 2. The number of halogens is 5. The number of hydrogen-bond acceptors (Lipinski definition) is 4. The summed E-state index contributed by atoms with van der Waals surface area (Å²) in [5.41, 5.74) is 0.0147. The minimum absolute atomic E-state index is 0.188. The van der Waals surface area contributed by atoms with Gasteiger partial charge in [0.1, 0.15) is 5.69 Å². The van der Waals surface area contributed by atoms with Crippen molar-refractivity contribution < 1.29 is 22.7 Å². The maximum absolute atomic E-state index is 13.7. The van der Waals surface area contributed by atoms with Gasteiger partial charge in [0, 0.05) is 23.6 Å². The zero-order valence-electron chi connectivity index (χ0n) is 12.9. The van der Waals surface area contributed by atoms with Crippen molar-refractivity contribution in [3.05, 3.63) is 65.2 Å². The highest BCUT2D eigenvalue weighted by Gasteiger charge is 2.30. The lowest BCUT2D eigenvalue weighted by Crippen LogP contribution is -2.05. The molecule has 0 amide bonds. The van der Waals surface area contributed by atoms with E-state index in [1.54, 1.807) is 0 Å². The van der Waals surface area contributed by atoms with Crippen molar-refractivity contribution in [2.24, 2.45) is 0 Å². The number of nitrogens with zero attached hydrogens (tertiary/aromatic N) is 2. The topological polar surface area (TPSA) is 58.0 Å². The van der Waals surface area contributed by atoms with Crippen LogP contribution in [0, 0.1) is 5.82 Å². The average molecular weight is 384 g/mol. The molecule has 4 nitrogen and oxygen atoms in total. The molecule has 134 valence electrons. The van der Waals surface area contributed by atoms with E-state index in [0.717, 1.165) is 18.2 Å². The summed E-state index contributed by atoms with van der Waals surface area (Å²) in [6.45, 7) is 0. The molecule has 9 heteroatoms. The van der Waals surface area contributed by atoms with E-state index >= 15 is 0 Å². The van der Waals surface area contributed by atoms with Gasteiger partial charge in [-0.15, -0.1) is 0 Å². The number of phenolic OH excluding ortho intramolecular Hbond substituents is 1. The Bertz CT molecular complexity index is 922. The molecule has 0 saturated heterocycles. The van der Waals surface area contributed by atoms with Crippen molar-refractivity contribution in [3.63, 3.8) is 0 Å². The molecule has 3 aromatic rings. The third-order valence-corrected chi connectivity index (χ3v) is 3.75. The number of benzene rings is 2. The number of alkyl halides is 3. The molecule has 1 heterocycles. The monoisotopic (exact) mass is 383 g/mol. The van der Waals surface area contributed by atoms with E-state index in [1.807, 2.05) is 0 Å². The summed E-state index contributed by atoms with van der Waals surface area (Å²) in [7, 11) is 0. The van der Waals surface area contributed by atoms with E-state index in [0.29, 0.717) is 5.69 Å². The van der Waals surface area contributed by atoms with Gasteiger partial charge in [0.25, 0.3) is 0 Å². The molecule has 0 aliphatic heterocycles. The zero-order valence-corrected chi connectivity index (χ0v) is 13.6. The zero-order chi connectivity index (χ0) is 18.9. The molecule has 0 saturated carbocycles. The molecule has 2 aromatic carbocycles. The largest absolute Gasteiger partial charge is 0.504 e. The Balaban J connectivity index is 1.96. The van der Waals surface area contributed by atoms with E-state index in [2.05, 4.69) is 15.3 Å². The van der Waals surface area contributed by atoms with Crippen molar-refractivity contribution in [1.82, 2.24) is 9.97 Å². The minimum atomic E-state index is -4.43. The van der Waals surface area contributed by atoms with Gasteiger partial charge in [-0.2, -0.15) is 13.2 Å². The first-order chi connectivity index (χ1) is 12.3. The molecular weight excluding hydrogens is 374 g/mol. The van der Waals surface area contributed by atoms with Crippen LogP contribution in [-0.4, -0.2) is 15.1 Å². The average Bonchev–Trinajstić information content (AvgIpc) is 2.59. The SMILES string of the molecule is Oc1c(F)cc(-c2nccnc2Nc2ccc(C(F)(F)F)cc2)cc1Cl. The lowest BCUT2D eigenvalue weighted by atomic mass is 10.1. The number of nitrogens with one attached hydrogen (secondary N) is 1. The van der Waals surface area contributed by atoms with E-state index in [9.17, 15) is 22.7 Å². The van der Waals surface area contributed by atoms with E-state index in [-0.39, 0.29) is 22.1 Å². The minimum Gasteiger partial charge on any atom is -0.504 e. The lowest BCUT2D eigenvalue weighted by molar-refractivity contribution is -0.137. The van der Waals surface area contributed by atoms with Crippen LogP contribution in [0.25, 0.3) is 11.3 Å². The van der Waals surface area contributed by atoms with Crippen LogP contribution < -0.4 is 5.32 Å². The van der Waals surface area contributed by atoms with Gasteiger partial charge in [0.05, 0.1) is 10.6 Å². The molecule has 0 aliphatic carbocycles. The Morgan fingerprint density at radius 3 is 2.27 bits per heavy atom. The Morgan fingerprint density at radius 1 is 1.00 bits per heavy atom. The highest BCUT2D eigenvalue weighted by molar-refractivity contribution is 6.32. The predicted molar refractivity (Wildman–Crippen MR) is 88.8 cm³/mol. The fraction of sp³-hybridized carbons (Fsp3) is 0.0588. The van der Waals surface area contributed by atoms with Gasteiger partial charge in [-0.3, -0.25) is 4.98 Å². The standard InChI is InChI=1S/C17H10ClF4N3O/c18-12-7-9(8-13(19)15(12)26)14-16(24-6-5-23-14)25-11-3-1-10(2-4-11)17(20,21)22/h1-8,26H,(H,24,25). The third-order valence-electron chi connectivity index (χ3n) is 3.46. The van der Waals surface area contributed by atoms with Crippen molar-refractivity contribution in [2.75, 3.05) is 5.32 Å². The molecule has 3 rings (SSSR count). The van der Waals surface area contributed by atoms with Crippen molar-refractivity contribution in [3.8, 4) is 17.0 Å². The van der Waals surface area contributed by atoms with Crippen LogP contribution in [0.1, 0.15) is 5.56 Å². The number of hydrogen-bond donors (Lipinski definition) is 2. The van der Waals surface area contributed by atoms with E-state index in [4.69, 9.17) is 11.6 Å². The van der Waals surface area contributed by atoms with Crippen LogP contribution in [0.2, 0.25) is 5.02 Å². The number of phenols is 1. The Kier molecular flexibility index (Phi) is 4.69. The molecular formula is C17H10ClF4N3O. The normalized spacial score (nSPS) is 11.4. The molecule has 26 heavy (non-hydrogen) atoms. The van der Waals surface area contributed by atoms with Gasteiger partial charge in [-0.05, 0) is 36.4 Å². The van der Waals surface area contributed by atoms with Crippen molar-refractivity contribution in [1.29, 1.82) is 0 Å². The van der Waals surface area contributed by atoms with E-state index < -0.39 is 23.3 Å². The molecule has 0 fully saturated rings. The van der Waals surface area contributed by atoms with E-state index in [1.165, 1.54) is 30.6 Å². The summed E-state index contributed by atoms with van der Waals surface area (Å²) >= 11 is 5.78. The summed E-state index contributed by atoms with van der Waals surface area (Å²) in [5.74, 6) is -1.43. The fourth-order valence-electron chi connectivity index (χ4n) is 2.22. The third kappa shape index (κ3) is 3.70. The smallest absolute Gasteiger partial charge is 0.416 e. The molecule has 0 aliphatic rings. The quantitative estimate of drug-likeness (QED) is 0.594. The summed E-state index contributed by atoms with van der Waals surface area (Å²) < 4.78 is 51.6. The summed E-state index contributed by atoms with van der Waals surface area (Å²) in [5, 5.41) is 12.1. The maximum atomic E-state index is 13.7. The molecule has 2 N–H and O–H groups in total. The Morgan fingerprint density at radius 2 is 1.65 bits per heavy atom. The molecule has 1 aromatic heterocycles. The van der Waals surface area contributed by atoms with Crippen LogP contribution in [0.15, 0.2) is 48.8 Å². The lowest BCUT2D eigenvalue weighted by Gasteiger charge is -2.12. The summed E-state index contributed by atoms with van der Waals surface area (Å²) in [6, 6.07) is 6.67. The molecule has 0 radical (unpaired) electrons. The highest BCUT2D eigenvalue weighted by Crippen LogP contribution is 2.35. The van der Waals surface area contributed by atoms with Gasteiger partial charge in [0.15, 0.2) is 17.4 Å². The summed E-state index contributed by atoms with van der Waals surface area (Å²) in [4.78, 5) is 8.18. The second-order valence-electron chi connectivity index (χ2n) is 5.24. The summed E-state index contributed by atoms with van der Waals surface area (Å²) in [6.07, 6.45) is -1.70. The Labute approximate surface area is 150 Å². The molecule has 0 unspecified atom stereocenters. The molecule has 0 atom stereocenters. The predicted octanol–water partition coefficient (Wildman–Crippen LogP) is 5.40. The van der Waals surface area contributed by atoms with Gasteiger partial charge in [-0.1, -0.05) is 11.6 Å². The maximum Gasteiger partial charge on any atom is 0.416 e. The first kappa shape index (κ1) is 17.9.